The first kappa shape index (κ1) is 14.0. The number of nitrogen functional groups attached to an aromatic ring is 1. The molecule has 1 aromatic heterocycles. The maximum absolute atomic E-state index is 6.10. The summed E-state index contributed by atoms with van der Waals surface area (Å²) in [5.41, 5.74) is 9.23. The first-order valence-electron chi connectivity index (χ1n) is 6.27. The monoisotopic (exact) mass is 276 g/mol. The normalized spacial score (nSPS) is 11.8. The van der Waals surface area contributed by atoms with Crippen LogP contribution in [-0.4, -0.2) is 12.1 Å². The molecule has 1 heterocycles. The predicted octanol–water partition coefficient (Wildman–Crippen LogP) is 3.84. The zero-order chi connectivity index (χ0) is 14.0. The highest BCUT2D eigenvalue weighted by atomic mass is 32.1. The van der Waals surface area contributed by atoms with Gasteiger partial charge >= 0.3 is 0 Å². The third kappa shape index (κ3) is 3.14. The topological polar surface area (TPSA) is 48.1 Å². The molecule has 0 atom stereocenters. The van der Waals surface area contributed by atoms with Gasteiger partial charge in [-0.05, 0) is 5.56 Å². The molecular weight excluding hydrogens is 256 g/mol. The largest absolute Gasteiger partial charge is 0.389 e. The molecule has 3 nitrogen and oxygen atoms in total. The van der Waals surface area contributed by atoms with Crippen LogP contribution in [0.4, 0.5) is 5.00 Å². The van der Waals surface area contributed by atoms with Crippen molar-refractivity contribution in [2.75, 3.05) is 12.8 Å². The highest BCUT2D eigenvalue weighted by Crippen LogP contribution is 2.36. The summed E-state index contributed by atoms with van der Waals surface area (Å²) in [4.78, 5) is 4.69. The Morgan fingerprint density at radius 1 is 1.21 bits per heavy atom. The van der Waals surface area contributed by atoms with Crippen LogP contribution in [0.15, 0.2) is 24.3 Å². The summed E-state index contributed by atoms with van der Waals surface area (Å²) in [5, 5.41) is 1.85. The molecule has 0 radical (unpaired) electrons. The van der Waals surface area contributed by atoms with E-state index in [1.165, 1.54) is 0 Å². The smallest absolute Gasteiger partial charge is 0.114 e. The van der Waals surface area contributed by atoms with Gasteiger partial charge < -0.3 is 10.5 Å². The number of methoxy groups -OCH3 is 1. The van der Waals surface area contributed by atoms with Crippen LogP contribution in [0, 0.1) is 0 Å². The molecular formula is C15H20N2OS. The predicted molar refractivity (Wildman–Crippen MR) is 81.4 cm³/mol. The molecule has 4 heteroatoms. The van der Waals surface area contributed by atoms with Crippen LogP contribution in [0.3, 0.4) is 0 Å². The van der Waals surface area contributed by atoms with Gasteiger partial charge in [0.2, 0.25) is 0 Å². The van der Waals surface area contributed by atoms with Gasteiger partial charge in [-0.2, -0.15) is 0 Å². The fourth-order valence-corrected chi connectivity index (χ4v) is 2.70. The van der Waals surface area contributed by atoms with Crippen LogP contribution < -0.4 is 5.73 Å². The second-order valence-corrected chi connectivity index (χ2v) is 6.64. The molecule has 1 aromatic carbocycles. The molecule has 102 valence electrons. The number of nitrogens with two attached hydrogens (primary N) is 1. The summed E-state index contributed by atoms with van der Waals surface area (Å²) in [6, 6.07) is 8.20. The number of anilines is 1. The Bertz CT molecular complexity index is 553. The first-order valence-corrected chi connectivity index (χ1v) is 7.08. The van der Waals surface area contributed by atoms with Crippen molar-refractivity contribution < 1.29 is 4.74 Å². The average Bonchev–Trinajstić information content (AvgIpc) is 2.73. The zero-order valence-electron chi connectivity index (χ0n) is 11.9. The van der Waals surface area contributed by atoms with E-state index in [1.54, 1.807) is 18.4 Å². The number of hydrogen-bond donors (Lipinski definition) is 1. The Kier molecular flexibility index (Phi) is 3.92. The lowest BCUT2D eigenvalue weighted by atomic mass is 9.98. The fraction of sp³-hybridized carbons (Fsp3) is 0.400. The second-order valence-electron chi connectivity index (χ2n) is 5.61. The van der Waals surface area contributed by atoms with Crippen molar-refractivity contribution in [3.05, 3.63) is 34.8 Å². The Labute approximate surface area is 118 Å². The fourth-order valence-electron chi connectivity index (χ4n) is 1.79. The molecule has 0 aliphatic rings. The van der Waals surface area contributed by atoms with Crippen LogP contribution in [-0.2, 0) is 16.8 Å². The van der Waals surface area contributed by atoms with E-state index in [4.69, 9.17) is 10.5 Å². The van der Waals surface area contributed by atoms with Gasteiger partial charge in [0.25, 0.3) is 0 Å². The molecule has 0 aliphatic heterocycles. The summed E-state index contributed by atoms with van der Waals surface area (Å²) in [6.07, 6.45) is 0. The lowest BCUT2D eigenvalue weighted by Crippen LogP contribution is -2.10. The van der Waals surface area contributed by atoms with Crippen molar-refractivity contribution in [3.8, 4) is 11.3 Å². The Hall–Kier alpha value is -1.39. The van der Waals surface area contributed by atoms with E-state index in [-0.39, 0.29) is 5.41 Å². The molecule has 0 spiro atoms. The van der Waals surface area contributed by atoms with Crippen molar-refractivity contribution >= 4 is 16.3 Å². The summed E-state index contributed by atoms with van der Waals surface area (Å²) >= 11 is 1.57. The van der Waals surface area contributed by atoms with E-state index in [0.717, 1.165) is 26.8 Å². The molecule has 2 N–H and O–H groups in total. The molecule has 0 saturated heterocycles. The average molecular weight is 276 g/mol. The van der Waals surface area contributed by atoms with Gasteiger partial charge in [0.05, 0.1) is 6.61 Å². The first-order chi connectivity index (χ1) is 8.91. The van der Waals surface area contributed by atoms with E-state index < -0.39 is 0 Å². The highest BCUT2D eigenvalue weighted by Gasteiger charge is 2.21. The standard InChI is InChI=1S/C15H20N2OS/c1-15(2,3)14-17-12(13(16)19-14)11-7-5-10(6-8-11)9-18-4/h5-8H,9,16H2,1-4H3. The molecule has 0 saturated carbocycles. The van der Waals surface area contributed by atoms with E-state index in [1.807, 2.05) is 24.3 Å². The molecule has 0 aliphatic carbocycles. The van der Waals surface area contributed by atoms with Gasteiger partial charge in [0.1, 0.15) is 15.7 Å². The van der Waals surface area contributed by atoms with Gasteiger partial charge in [-0.15, -0.1) is 11.3 Å². The van der Waals surface area contributed by atoms with E-state index >= 15 is 0 Å². The number of rotatable bonds is 3. The van der Waals surface area contributed by atoms with Crippen molar-refractivity contribution in [1.82, 2.24) is 4.98 Å². The molecule has 0 unspecified atom stereocenters. The molecule has 2 rings (SSSR count). The van der Waals surface area contributed by atoms with Gasteiger partial charge in [-0.3, -0.25) is 0 Å². The zero-order valence-corrected chi connectivity index (χ0v) is 12.7. The highest BCUT2D eigenvalue weighted by molar-refractivity contribution is 7.16. The van der Waals surface area contributed by atoms with Crippen molar-refractivity contribution in [3.63, 3.8) is 0 Å². The second kappa shape index (κ2) is 5.31. The van der Waals surface area contributed by atoms with Crippen LogP contribution in [0.5, 0.6) is 0 Å². The van der Waals surface area contributed by atoms with Crippen LogP contribution in [0.25, 0.3) is 11.3 Å². The molecule has 2 aromatic rings. The lowest BCUT2D eigenvalue weighted by molar-refractivity contribution is 0.185. The van der Waals surface area contributed by atoms with Crippen LogP contribution in [0.2, 0.25) is 0 Å². The van der Waals surface area contributed by atoms with Gasteiger partial charge in [0, 0.05) is 18.1 Å². The van der Waals surface area contributed by atoms with E-state index in [0.29, 0.717) is 6.61 Å². The third-order valence-corrected chi connectivity index (χ3v) is 4.14. The number of ether oxygens (including phenoxy) is 1. The summed E-state index contributed by atoms with van der Waals surface area (Å²) < 4.78 is 5.11. The van der Waals surface area contributed by atoms with E-state index in [2.05, 4.69) is 25.8 Å². The minimum absolute atomic E-state index is 0.0347. The number of hydrogen-bond acceptors (Lipinski definition) is 4. The van der Waals surface area contributed by atoms with Gasteiger partial charge in [-0.1, -0.05) is 45.0 Å². The van der Waals surface area contributed by atoms with Gasteiger partial charge in [-0.25, -0.2) is 4.98 Å². The summed E-state index contributed by atoms with van der Waals surface area (Å²) in [5.74, 6) is 0. The van der Waals surface area contributed by atoms with E-state index in [9.17, 15) is 0 Å². The van der Waals surface area contributed by atoms with Gasteiger partial charge in [0.15, 0.2) is 0 Å². The maximum atomic E-state index is 6.10. The Morgan fingerprint density at radius 2 is 1.84 bits per heavy atom. The summed E-state index contributed by atoms with van der Waals surface area (Å²) in [6.45, 7) is 7.07. The van der Waals surface area contributed by atoms with Crippen molar-refractivity contribution in [1.29, 1.82) is 0 Å². The summed E-state index contributed by atoms with van der Waals surface area (Å²) in [7, 11) is 1.70. The molecule has 0 bridgehead atoms. The van der Waals surface area contributed by atoms with Crippen molar-refractivity contribution in [2.45, 2.75) is 32.8 Å². The van der Waals surface area contributed by atoms with Crippen LogP contribution >= 0.6 is 11.3 Å². The van der Waals surface area contributed by atoms with Crippen molar-refractivity contribution in [2.24, 2.45) is 0 Å². The molecule has 19 heavy (non-hydrogen) atoms. The third-order valence-electron chi connectivity index (χ3n) is 2.83. The number of aromatic nitrogens is 1. The quantitative estimate of drug-likeness (QED) is 0.926. The molecule has 0 amide bonds. The Balaban J connectivity index is 2.34. The SMILES string of the molecule is COCc1ccc(-c2nc(C(C)(C)C)sc2N)cc1. The minimum Gasteiger partial charge on any atom is -0.389 e. The minimum atomic E-state index is 0.0347. The maximum Gasteiger partial charge on any atom is 0.114 e. The number of benzene rings is 1. The van der Waals surface area contributed by atoms with Crippen LogP contribution in [0.1, 0.15) is 31.3 Å². The number of nitrogens with zero attached hydrogens (tertiary/aromatic N) is 1. The number of thiazole rings is 1. The molecule has 0 fully saturated rings. The Morgan fingerprint density at radius 3 is 2.32 bits per heavy atom. The lowest BCUT2D eigenvalue weighted by Gasteiger charge is -2.13.